The third-order valence-corrected chi connectivity index (χ3v) is 1.69. The first-order chi connectivity index (χ1) is 6.70. The zero-order valence-corrected chi connectivity index (χ0v) is 9.33. The Hall–Kier alpha value is -1.31. The lowest BCUT2D eigenvalue weighted by Gasteiger charge is -2.04. The molecule has 2 heteroatoms. The van der Waals surface area contributed by atoms with Crippen molar-refractivity contribution >= 4 is 5.97 Å². The van der Waals surface area contributed by atoms with Crippen molar-refractivity contribution in [3.05, 3.63) is 35.4 Å². The van der Waals surface area contributed by atoms with E-state index in [2.05, 4.69) is 0 Å². The highest BCUT2D eigenvalue weighted by Gasteiger charge is 1.98. The minimum Gasteiger partial charge on any atom is -0.461 e. The van der Waals surface area contributed by atoms with E-state index in [0.717, 1.165) is 11.1 Å². The van der Waals surface area contributed by atoms with Gasteiger partial charge in [-0.15, -0.1) is 0 Å². The van der Waals surface area contributed by atoms with Crippen molar-refractivity contribution in [3.8, 4) is 0 Å². The molecule has 0 N–H and O–H groups in total. The number of carbonyl (C=O) groups is 1. The quantitative estimate of drug-likeness (QED) is 0.676. The molecule has 0 spiro atoms. The van der Waals surface area contributed by atoms with Crippen LogP contribution in [0.5, 0.6) is 0 Å². The van der Waals surface area contributed by atoms with E-state index in [1.54, 1.807) is 0 Å². The Kier molecular flexibility index (Phi) is 6.46. The Morgan fingerprint density at radius 2 is 1.86 bits per heavy atom. The van der Waals surface area contributed by atoms with Crippen molar-refractivity contribution in [2.75, 3.05) is 0 Å². The van der Waals surface area contributed by atoms with Gasteiger partial charge in [0.1, 0.15) is 6.61 Å². The van der Waals surface area contributed by atoms with Gasteiger partial charge in [-0.3, -0.25) is 4.79 Å². The molecule has 0 heterocycles. The lowest BCUT2D eigenvalue weighted by Crippen LogP contribution is -1.99. The molecule has 0 bridgehead atoms. The summed E-state index contributed by atoms with van der Waals surface area (Å²) in [5, 5.41) is 0. The maximum Gasteiger partial charge on any atom is 0.302 e. The number of ether oxygens (including phenoxy) is 1. The summed E-state index contributed by atoms with van der Waals surface area (Å²) >= 11 is 0. The number of rotatable bonds is 2. The number of carbonyl (C=O) groups excluding carboxylic acids is 1. The highest BCUT2D eigenvalue weighted by atomic mass is 16.5. The van der Waals surface area contributed by atoms with Crippen LogP contribution < -0.4 is 0 Å². The molecule has 1 aromatic carbocycles. The van der Waals surface area contributed by atoms with E-state index < -0.39 is 0 Å². The molecule has 0 atom stereocenters. The van der Waals surface area contributed by atoms with Crippen molar-refractivity contribution in [3.63, 3.8) is 0 Å². The second-order valence-corrected chi connectivity index (χ2v) is 2.71. The van der Waals surface area contributed by atoms with Crippen LogP contribution in [0.25, 0.3) is 0 Å². The molecule has 0 aliphatic carbocycles. The van der Waals surface area contributed by atoms with Gasteiger partial charge in [-0.2, -0.15) is 0 Å². The van der Waals surface area contributed by atoms with Gasteiger partial charge < -0.3 is 4.74 Å². The molecule has 0 aromatic heterocycles. The summed E-state index contributed by atoms with van der Waals surface area (Å²) in [6, 6.07) is 7.86. The highest BCUT2D eigenvalue weighted by Crippen LogP contribution is 2.07. The van der Waals surface area contributed by atoms with Gasteiger partial charge in [-0.05, 0) is 18.1 Å². The Labute approximate surface area is 85.9 Å². The fraction of sp³-hybridized carbons (Fsp3) is 0.417. The standard InChI is InChI=1S/C10H12O2.C2H6/c1-8-5-3-4-6-10(8)7-12-9(2)11;1-2/h3-6H,7H2,1-2H3;1-2H3. The summed E-state index contributed by atoms with van der Waals surface area (Å²) in [6.07, 6.45) is 0. The van der Waals surface area contributed by atoms with Crippen LogP contribution in [0.1, 0.15) is 31.9 Å². The minimum absolute atomic E-state index is 0.238. The summed E-state index contributed by atoms with van der Waals surface area (Å²) in [5.41, 5.74) is 2.21. The number of benzene rings is 1. The molecule has 0 radical (unpaired) electrons. The summed E-state index contributed by atoms with van der Waals surface area (Å²) in [7, 11) is 0. The average molecular weight is 194 g/mol. The van der Waals surface area contributed by atoms with Gasteiger partial charge >= 0.3 is 5.97 Å². The van der Waals surface area contributed by atoms with Crippen molar-refractivity contribution in [2.45, 2.75) is 34.3 Å². The highest BCUT2D eigenvalue weighted by molar-refractivity contribution is 5.65. The molecular weight excluding hydrogens is 176 g/mol. The van der Waals surface area contributed by atoms with Crippen molar-refractivity contribution in [1.29, 1.82) is 0 Å². The van der Waals surface area contributed by atoms with E-state index in [0.29, 0.717) is 6.61 Å². The van der Waals surface area contributed by atoms with Gasteiger partial charge in [0.15, 0.2) is 0 Å². The second-order valence-electron chi connectivity index (χ2n) is 2.71. The molecule has 0 fully saturated rings. The van der Waals surface area contributed by atoms with Gasteiger partial charge in [0, 0.05) is 6.92 Å². The van der Waals surface area contributed by atoms with Crippen molar-refractivity contribution < 1.29 is 9.53 Å². The molecule has 0 amide bonds. The lowest BCUT2D eigenvalue weighted by molar-refractivity contribution is -0.142. The molecule has 0 unspecified atom stereocenters. The van der Waals surface area contributed by atoms with E-state index in [1.807, 2.05) is 45.0 Å². The molecule has 14 heavy (non-hydrogen) atoms. The van der Waals surface area contributed by atoms with Crippen LogP contribution in [0.3, 0.4) is 0 Å². The Morgan fingerprint density at radius 3 is 2.36 bits per heavy atom. The van der Waals surface area contributed by atoms with E-state index in [-0.39, 0.29) is 5.97 Å². The van der Waals surface area contributed by atoms with Gasteiger partial charge in [-0.1, -0.05) is 38.1 Å². The van der Waals surface area contributed by atoms with E-state index in [1.165, 1.54) is 6.92 Å². The van der Waals surface area contributed by atoms with E-state index in [9.17, 15) is 4.79 Å². The fourth-order valence-electron chi connectivity index (χ4n) is 0.951. The summed E-state index contributed by atoms with van der Waals surface area (Å²) in [5.74, 6) is -0.238. The SMILES string of the molecule is CC.CC(=O)OCc1ccccc1C. The third kappa shape index (κ3) is 4.65. The molecule has 0 saturated heterocycles. The topological polar surface area (TPSA) is 26.3 Å². The molecule has 78 valence electrons. The first kappa shape index (κ1) is 12.7. The van der Waals surface area contributed by atoms with Crippen LogP contribution in [0.2, 0.25) is 0 Å². The third-order valence-electron chi connectivity index (χ3n) is 1.69. The number of hydrogen-bond acceptors (Lipinski definition) is 2. The van der Waals surface area contributed by atoms with Crippen LogP contribution in [-0.2, 0) is 16.1 Å². The summed E-state index contributed by atoms with van der Waals surface area (Å²) < 4.78 is 4.87. The molecular formula is C12H18O2. The predicted molar refractivity (Wildman–Crippen MR) is 58.0 cm³/mol. The first-order valence-corrected chi connectivity index (χ1v) is 4.88. The van der Waals surface area contributed by atoms with Crippen LogP contribution in [0.4, 0.5) is 0 Å². The zero-order valence-electron chi connectivity index (χ0n) is 9.33. The zero-order chi connectivity index (χ0) is 11.0. The fourth-order valence-corrected chi connectivity index (χ4v) is 0.951. The Balaban J connectivity index is 0.000000791. The summed E-state index contributed by atoms with van der Waals surface area (Å²) in [6.45, 7) is 7.79. The van der Waals surface area contributed by atoms with Crippen LogP contribution >= 0.6 is 0 Å². The number of hydrogen-bond donors (Lipinski definition) is 0. The maximum atomic E-state index is 10.5. The maximum absolute atomic E-state index is 10.5. The molecule has 1 aromatic rings. The Bertz CT molecular complexity index is 279. The summed E-state index contributed by atoms with van der Waals surface area (Å²) in [4.78, 5) is 10.5. The number of esters is 1. The van der Waals surface area contributed by atoms with E-state index >= 15 is 0 Å². The first-order valence-electron chi connectivity index (χ1n) is 4.88. The normalized spacial score (nSPS) is 8.57. The van der Waals surface area contributed by atoms with Gasteiger partial charge in [0.2, 0.25) is 0 Å². The number of aryl methyl sites for hydroxylation is 1. The largest absolute Gasteiger partial charge is 0.461 e. The van der Waals surface area contributed by atoms with Gasteiger partial charge in [0.05, 0.1) is 0 Å². The Morgan fingerprint density at radius 1 is 1.29 bits per heavy atom. The lowest BCUT2D eigenvalue weighted by atomic mass is 10.1. The van der Waals surface area contributed by atoms with Gasteiger partial charge in [-0.25, -0.2) is 0 Å². The van der Waals surface area contributed by atoms with Gasteiger partial charge in [0.25, 0.3) is 0 Å². The van der Waals surface area contributed by atoms with Crippen LogP contribution in [-0.4, -0.2) is 5.97 Å². The minimum atomic E-state index is -0.238. The second kappa shape index (κ2) is 7.13. The van der Waals surface area contributed by atoms with Crippen LogP contribution in [0.15, 0.2) is 24.3 Å². The monoisotopic (exact) mass is 194 g/mol. The smallest absolute Gasteiger partial charge is 0.302 e. The average Bonchev–Trinajstić information content (AvgIpc) is 2.19. The predicted octanol–water partition coefficient (Wildman–Crippen LogP) is 3.08. The van der Waals surface area contributed by atoms with E-state index in [4.69, 9.17) is 4.74 Å². The molecule has 2 nitrogen and oxygen atoms in total. The van der Waals surface area contributed by atoms with Crippen LogP contribution in [0, 0.1) is 6.92 Å². The molecule has 0 aliphatic heterocycles. The molecule has 1 rings (SSSR count). The van der Waals surface area contributed by atoms with Crippen molar-refractivity contribution in [1.82, 2.24) is 0 Å². The molecule has 0 aliphatic rings. The van der Waals surface area contributed by atoms with Crippen molar-refractivity contribution in [2.24, 2.45) is 0 Å². The molecule has 0 saturated carbocycles.